The first kappa shape index (κ1) is 23.6. The number of nitrogens with zero attached hydrogens (tertiary/aromatic N) is 3. The van der Waals surface area contributed by atoms with Gasteiger partial charge in [-0.05, 0) is 53.1 Å². The fourth-order valence-corrected chi connectivity index (χ4v) is 4.93. The van der Waals surface area contributed by atoms with E-state index in [2.05, 4.69) is 25.1 Å². The number of aromatic nitrogens is 5. The summed E-state index contributed by atoms with van der Waals surface area (Å²) in [4.78, 5) is 12.4. The number of halogens is 1. The van der Waals surface area contributed by atoms with Crippen LogP contribution in [0.1, 0.15) is 5.56 Å². The van der Waals surface area contributed by atoms with Crippen molar-refractivity contribution >= 4 is 21.9 Å². The molecule has 0 saturated heterocycles. The zero-order valence-corrected chi connectivity index (χ0v) is 21.1. The van der Waals surface area contributed by atoms with Crippen LogP contribution < -0.4 is 4.74 Å². The molecule has 0 fully saturated rings. The second-order valence-corrected chi connectivity index (χ2v) is 9.52. The number of aromatic hydroxyl groups is 1. The molecule has 7 rings (SSSR count). The lowest BCUT2D eigenvalue weighted by Crippen LogP contribution is -1.96. The molecule has 4 aromatic heterocycles. The van der Waals surface area contributed by atoms with Gasteiger partial charge < -0.3 is 14.8 Å². The SMILES string of the molecule is Oc1cc(F)cc(-c2cccc3[nH]c(-c4n[nH]c5ncc(-c6cncc(OCc7ccccc7)c6)cc45)cc23)c1. The van der Waals surface area contributed by atoms with E-state index in [1.54, 1.807) is 24.7 Å². The number of ether oxygens (including phenoxy) is 1. The number of fused-ring (bicyclic) bond motifs is 2. The van der Waals surface area contributed by atoms with Gasteiger partial charge in [0.25, 0.3) is 0 Å². The predicted octanol–water partition coefficient (Wildman–Crippen LogP) is 7.26. The molecule has 0 amide bonds. The number of hydrogen-bond acceptors (Lipinski definition) is 5. The molecule has 0 unspecified atom stereocenters. The van der Waals surface area contributed by atoms with Crippen molar-refractivity contribution in [2.45, 2.75) is 6.61 Å². The maximum Gasteiger partial charge on any atom is 0.155 e. The zero-order valence-electron chi connectivity index (χ0n) is 21.1. The van der Waals surface area contributed by atoms with Gasteiger partial charge in [-0.25, -0.2) is 9.37 Å². The van der Waals surface area contributed by atoms with Crippen molar-refractivity contribution in [3.63, 3.8) is 0 Å². The molecule has 3 aromatic carbocycles. The van der Waals surface area contributed by atoms with E-state index in [0.29, 0.717) is 29.3 Å². The molecular weight excluding hydrogens is 505 g/mol. The van der Waals surface area contributed by atoms with Crippen molar-refractivity contribution < 1.29 is 14.2 Å². The van der Waals surface area contributed by atoms with Crippen LogP contribution in [0, 0.1) is 5.82 Å². The molecule has 40 heavy (non-hydrogen) atoms. The smallest absolute Gasteiger partial charge is 0.155 e. The maximum absolute atomic E-state index is 14.0. The summed E-state index contributed by atoms with van der Waals surface area (Å²) < 4.78 is 20.0. The molecule has 3 N–H and O–H groups in total. The van der Waals surface area contributed by atoms with Gasteiger partial charge in [0, 0.05) is 45.9 Å². The number of phenolic OH excluding ortho intramolecular Hbond substituents is 1. The Kier molecular flexibility index (Phi) is 5.70. The molecular formula is C32H22FN5O2. The maximum atomic E-state index is 14.0. The van der Waals surface area contributed by atoms with Crippen molar-refractivity contribution in [3.05, 3.63) is 115 Å². The van der Waals surface area contributed by atoms with Gasteiger partial charge in [-0.15, -0.1) is 0 Å². The Balaban J connectivity index is 1.25. The van der Waals surface area contributed by atoms with Gasteiger partial charge in [0.2, 0.25) is 0 Å². The Morgan fingerprint density at radius 3 is 2.55 bits per heavy atom. The molecule has 0 radical (unpaired) electrons. The summed E-state index contributed by atoms with van der Waals surface area (Å²) in [6.45, 7) is 0.451. The molecule has 7 aromatic rings. The van der Waals surface area contributed by atoms with Gasteiger partial charge >= 0.3 is 0 Å². The highest BCUT2D eigenvalue weighted by molar-refractivity contribution is 6.01. The van der Waals surface area contributed by atoms with E-state index >= 15 is 0 Å². The molecule has 194 valence electrons. The van der Waals surface area contributed by atoms with Crippen LogP contribution in [0.2, 0.25) is 0 Å². The number of rotatable bonds is 6. The number of aromatic amines is 2. The minimum Gasteiger partial charge on any atom is -0.508 e. The molecule has 0 atom stereocenters. The average Bonchev–Trinajstić information content (AvgIpc) is 3.60. The van der Waals surface area contributed by atoms with Crippen LogP contribution in [0.5, 0.6) is 11.5 Å². The minimum absolute atomic E-state index is 0.122. The van der Waals surface area contributed by atoms with Gasteiger partial charge in [-0.2, -0.15) is 5.10 Å². The van der Waals surface area contributed by atoms with E-state index in [-0.39, 0.29) is 5.75 Å². The third kappa shape index (κ3) is 4.41. The van der Waals surface area contributed by atoms with E-state index in [4.69, 9.17) is 4.74 Å². The largest absolute Gasteiger partial charge is 0.508 e. The number of benzene rings is 3. The molecule has 0 aliphatic heterocycles. The van der Waals surface area contributed by atoms with Crippen LogP contribution in [-0.2, 0) is 6.61 Å². The number of hydrogen-bond donors (Lipinski definition) is 3. The van der Waals surface area contributed by atoms with Crippen LogP contribution in [0.3, 0.4) is 0 Å². The highest BCUT2D eigenvalue weighted by atomic mass is 19.1. The predicted molar refractivity (Wildman–Crippen MR) is 152 cm³/mol. The summed E-state index contributed by atoms with van der Waals surface area (Å²) in [5.41, 5.74) is 7.22. The van der Waals surface area contributed by atoms with Gasteiger partial charge in [-0.1, -0.05) is 42.5 Å². The van der Waals surface area contributed by atoms with Crippen LogP contribution in [0.25, 0.3) is 55.6 Å². The lowest BCUT2D eigenvalue weighted by molar-refractivity contribution is 0.305. The Bertz CT molecular complexity index is 1980. The first-order chi connectivity index (χ1) is 19.6. The minimum atomic E-state index is -0.497. The highest BCUT2D eigenvalue weighted by Crippen LogP contribution is 2.36. The standard InChI is InChI=1S/C32H22FN5O2/c33-23-9-20(10-24(39)13-23)26-7-4-8-29-27(26)14-30(36-29)31-28-12-22(16-35-32(28)38-37-31)21-11-25(17-34-15-21)40-18-19-5-2-1-3-6-19/h1-17,36,39H,18H2,(H,35,37,38). The number of phenols is 1. The molecule has 0 aliphatic rings. The lowest BCUT2D eigenvalue weighted by Gasteiger charge is -2.08. The summed E-state index contributed by atoms with van der Waals surface area (Å²) in [5.74, 6) is 0.0489. The normalized spacial score (nSPS) is 11.3. The monoisotopic (exact) mass is 527 g/mol. The first-order valence-corrected chi connectivity index (χ1v) is 12.7. The molecule has 0 bridgehead atoms. The molecule has 4 heterocycles. The van der Waals surface area contributed by atoms with Gasteiger partial charge in [0.05, 0.1) is 11.9 Å². The molecule has 7 nitrogen and oxygen atoms in total. The first-order valence-electron chi connectivity index (χ1n) is 12.7. The summed E-state index contributed by atoms with van der Waals surface area (Å²) in [7, 11) is 0. The number of nitrogens with one attached hydrogen (secondary N) is 2. The summed E-state index contributed by atoms with van der Waals surface area (Å²) in [6.07, 6.45) is 5.26. The van der Waals surface area contributed by atoms with Crippen molar-refractivity contribution in [2.24, 2.45) is 0 Å². The summed E-state index contributed by atoms with van der Waals surface area (Å²) in [6, 6.07) is 25.7. The third-order valence-corrected chi connectivity index (χ3v) is 6.82. The Hall–Kier alpha value is -5.50. The second-order valence-electron chi connectivity index (χ2n) is 9.52. The van der Waals surface area contributed by atoms with E-state index in [9.17, 15) is 9.50 Å². The second kappa shape index (κ2) is 9.67. The van der Waals surface area contributed by atoms with Crippen molar-refractivity contribution in [3.8, 4) is 45.1 Å². The average molecular weight is 528 g/mol. The van der Waals surface area contributed by atoms with Crippen molar-refractivity contribution in [1.82, 2.24) is 25.1 Å². The third-order valence-electron chi connectivity index (χ3n) is 6.82. The Morgan fingerprint density at radius 1 is 0.800 bits per heavy atom. The molecule has 0 aliphatic carbocycles. The van der Waals surface area contributed by atoms with Gasteiger partial charge in [-0.3, -0.25) is 10.1 Å². The van der Waals surface area contributed by atoms with Gasteiger partial charge in [0.1, 0.15) is 29.6 Å². The van der Waals surface area contributed by atoms with Crippen LogP contribution >= 0.6 is 0 Å². The fourth-order valence-electron chi connectivity index (χ4n) is 4.93. The number of pyridine rings is 2. The Morgan fingerprint density at radius 2 is 1.68 bits per heavy atom. The van der Waals surface area contributed by atoms with Gasteiger partial charge in [0.15, 0.2) is 5.65 Å². The van der Waals surface area contributed by atoms with Crippen molar-refractivity contribution in [2.75, 3.05) is 0 Å². The lowest BCUT2D eigenvalue weighted by atomic mass is 10.0. The summed E-state index contributed by atoms with van der Waals surface area (Å²) >= 11 is 0. The summed E-state index contributed by atoms with van der Waals surface area (Å²) in [5, 5.41) is 19.2. The Labute approximate surface area is 228 Å². The quantitative estimate of drug-likeness (QED) is 0.211. The molecule has 0 spiro atoms. The zero-order chi connectivity index (χ0) is 27.1. The van der Waals surface area contributed by atoms with E-state index in [1.165, 1.54) is 6.07 Å². The van der Waals surface area contributed by atoms with E-state index in [0.717, 1.165) is 50.3 Å². The van der Waals surface area contributed by atoms with Crippen LogP contribution in [0.15, 0.2) is 104 Å². The fraction of sp³-hybridized carbons (Fsp3) is 0.0312. The molecule has 8 heteroatoms. The topological polar surface area (TPSA) is 99.7 Å². The van der Waals surface area contributed by atoms with Crippen LogP contribution in [0.4, 0.5) is 4.39 Å². The van der Waals surface area contributed by atoms with Crippen LogP contribution in [-0.4, -0.2) is 30.3 Å². The number of H-pyrrole nitrogens is 2. The molecule has 0 saturated carbocycles. The van der Waals surface area contributed by atoms with Crippen molar-refractivity contribution in [1.29, 1.82) is 0 Å². The van der Waals surface area contributed by atoms with E-state index < -0.39 is 5.82 Å². The highest BCUT2D eigenvalue weighted by Gasteiger charge is 2.16. The van der Waals surface area contributed by atoms with E-state index in [1.807, 2.05) is 66.7 Å².